The molecular formula is C25H33N7O3. The molecule has 10 nitrogen and oxygen atoms in total. The summed E-state index contributed by atoms with van der Waals surface area (Å²) in [5.74, 6) is 0.804. The number of aromatic amines is 1. The number of H-pyrrole nitrogens is 1. The number of hydrogen-bond acceptors (Lipinski definition) is 6. The van der Waals surface area contributed by atoms with Crippen LogP contribution in [0.25, 0.3) is 11.2 Å². The Hall–Kier alpha value is -3.82. The number of aromatic nitrogens is 5. The van der Waals surface area contributed by atoms with Crippen molar-refractivity contribution in [2.75, 3.05) is 19.4 Å². The summed E-state index contributed by atoms with van der Waals surface area (Å²) in [5, 5.41) is 2.69. The minimum atomic E-state index is -0.316. The number of likely N-dealkylation sites (N-methyl/N-ethyl adjacent to an activating group) is 1. The number of rotatable bonds is 11. The molecule has 0 aliphatic carbocycles. The van der Waals surface area contributed by atoms with Gasteiger partial charge in [0.25, 0.3) is 5.56 Å². The van der Waals surface area contributed by atoms with E-state index in [9.17, 15) is 14.4 Å². The van der Waals surface area contributed by atoms with Gasteiger partial charge in [-0.3, -0.25) is 14.4 Å². The Morgan fingerprint density at radius 3 is 2.80 bits per heavy atom. The smallest absolute Gasteiger partial charge is 0.274 e. The third-order valence-electron chi connectivity index (χ3n) is 5.46. The number of pyridine rings is 1. The van der Waals surface area contributed by atoms with E-state index < -0.39 is 0 Å². The van der Waals surface area contributed by atoms with Crippen LogP contribution in [0, 0.1) is 5.92 Å². The molecule has 0 aromatic carbocycles. The van der Waals surface area contributed by atoms with Gasteiger partial charge in [0.15, 0.2) is 5.65 Å². The van der Waals surface area contributed by atoms with Crippen LogP contribution in [0.15, 0.2) is 41.6 Å². The molecular weight excluding hydrogens is 446 g/mol. The lowest BCUT2D eigenvalue weighted by Gasteiger charge is -2.08. The largest absolute Gasteiger partial charge is 0.345 e. The molecule has 0 fully saturated rings. The van der Waals surface area contributed by atoms with E-state index in [4.69, 9.17) is 0 Å². The maximum absolute atomic E-state index is 12.9. The highest BCUT2D eigenvalue weighted by molar-refractivity contribution is 5.90. The van der Waals surface area contributed by atoms with Crippen LogP contribution in [0.1, 0.15) is 51.0 Å². The lowest BCUT2D eigenvalue weighted by atomic mass is 10.1. The summed E-state index contributed by atoms with van der Waals surface area (Å²) >= 11 is 0. The first-order valence-corrected chi connectivity index (χ1v) is 11.8. The third kappa shape index (κ3) is 7.33. The second-order valence-corrected chi connectivity index (χ2v) is 9.06. The summed E-state index contributed by atoms with van der Waals surface area (Å²) in [7, 11) is 3.36. The Kier molecular flexibility index (Phi) is 8.88. The van der Waals surface area contributed by atoms with Crippen molar-refractivity contribution in [2.45, 2.75) is 52.5 Å². The van der Waals surface area contributed by atoms with E-state index in [1.807, 2.05) is 0 Å². The first-order valence-electron chi connectivity index (χ1n) is 11.8. The minimum absolute atomic E-state index is 0.0948. The standard InChI is InChI=1S/C25H33N7O3/c1-17(2)12-13-18-23-24(27-16-26-18)30-20(29-23)15-32-14-8-9-19(25(32)35)28-21(33)10-6-5-7-11-22(34)31(3)4/h7-9,11,14,16-17H,5-6,10,12-13,15H2,1-4H3,(H,28,33)(H,26,27,29,30)/b11-7+. The molecule has 10 heteroatoms. The first kappa shape index (κ1) is 25.8. The van der Waals surface area contributed by atoms with Crippen molar-refractivity contribution in [1.29, 1.82) is 0 Å². The second-order valence-electron chi connectivity index (χ2n) is 9.06. The van der Waals surface area contributed by atoms with Gasteiger partial charge < -0.3 is 19.8 Å². The van der Waals surface area contributed by atoms with Crippen LogP contribution in [0.2, 0.25) is 0 Å². The summed E-state index contributed by atoms with van der Waals surface area (Å²) in [6.45, 7) is 4.55. The number of fused-ring (bicyclic) bond motifs is 1. The Labute approximate surface area is 204 Å². The zero-order valence-electron chi connectivity index (χ0n) is 20.7. The molecule has 0 radical (unpaired) electrons. The topological polar surface area (TPSA) is 126 Å². The number of anilines is 1. The zero-order chi connectivity index (χ0) is 25.4. The summed E-state index contributed by atoms with van der Waals surface area (Å²) in [6.07, 6.45) is 9.65. The maximum atomic E-state index is 12.9. The van der Waals surface area contributed by atoms with Crippen molar-refractivity contribution < 1.29 is 9.59 Å². The molecule has 0 aliphatic rings. The number of carbonyl (C=O) groups is 2. The van der Waals surface area contributed by atoms with Crippen molar-refractivity contribution in [3.8, 4) is 0 Å². The van der Waals surface area contributed by atoms with Crippen LogP contribution in [-0.4, -0.2) is 55.3 Å². The molecule has 0 atom stereocenters. The number of allylic oxidation sites excluding steroid dienone is 1. The molecule has 0 aliphatic heterocycles. The molecule has 0 saturated heterocycles. The fourth-order valence-corrected chi connectivity index (χ4v) is 3.45. The number of nitrogens with zero attached hydrogens (tertiary/aromatic N) is 5. The second kappa shape index (κ2) is 12.0. The van der Waals surface area contributed by atoms with Crippen molar-refractivity contribution in [2.24, 2.45) is 5.92 Å². The normalized spacial score (nSPS) is 11.5. The lowest BCUT2D eigenvalue weighted by Crippen LogP contribution is -2.26. The molecule has 2 N–H and O–H groups in total. The summed E-state index contributed by atoms with van der Waals surface area (Å²) in [4.78, 5) is 54.7. The van der Waals surface area contributed by atoms with Crippen LogP contribution >= 0.6 is 0 Å². The Bertz CT molecular complexity index is 1260. The average Bonchev–Trinajstić information content (AvgIpc) is 3.23. The molecule has 186 valence electrons. The predicted octanol–water partition coefficient (Wildman–Crippen LogP) is 2.90. The molecule has 2 amide bonds. The molecule has 35 heavy (non-hydrogen) atoms. The highest BCUT2D eigenvalue weighted by Crippen LogP contribution is 2.16. The highest BCUT2D eigenvalue weighted by Gasteiger charge is 2.13. The fraction of sp³-hybridized carbons (Fsp3) is 0.440. The third-order valence-corrected chi connectivity index (χ3v) is 5.46. The summed E-state index contributed by atoms with van der Waals surface area (Å²) in [5.41, 5.74) is 2.16. The number of aryl methyl sites for hydroxylation is 1. The van der Waals surface area contributed by atoms with Gasteiger partial charge in [0, 0.05) is 26.7 Å². The quantitative estimate of drug-likeness (QED) is 0.322. The fourth-order valence-electron chi connectivity index (χ4n) is 3.45. The van der Waals surface area contributed by atoms with Crippen LogP contribution in [0.4, 0.5) is 5.69 Å². The Morgan fingerprint density at radius 1 is 1.26 bits per heavy atom. The molecule has 0 saturated carbocycles. The highest BCUT2D eigenvalue weighted by atomic mass is 16.2. The van der Waals surface area contributed by atoms with E-state index in [0.717, 1.165) is 24.1 Å². The van der Waals surface area contributed by atoms with Gasteiger partial charge >= 0.3 is 0 Å². The van der Waals surface area contributed by atoms with Crippen LogP contribution in [-0.2, 0) is 22.6 Å². The minimum Gasteiger partial charge on any atom is -0.345 e. The Balaban J connectivity index is 1.63. The molecule has 3 rings (SSSR count). The van der Waals surface area contributed by atoms with Gasteiger partial charge in [-0.15, -0.1) is 0 Å². The molecule has 0 spiro atoms. The molecule has 3 heterocycles. The summed E-state index contributed by atoms with van der Waals surface area (Å²) < 4.78 is 1.49. The molecule has 3 aromatic rings. The lowest BCUT2D eigenvalue weighted by molar-refractivity contribution is -0.123. The van der Waals surface area contributed by atoms with Crippen molar-refractivity contribution in [3.63, 3.8) is 0 Å². The number of nitrogens with one attached hydrogen (secondary N) is 2. The van der Waals surface area contributed by atoms with Crippen molar-refractivity contribution in [3.05, 3.63) is 58.7 Å². The van der Waals surface area contributed by atoms with Gasteiger partial charge in [-0.05, 0) is 49.8 Å². The molecule has 0 bridgehead atoms. The maximum Gasteiger partial charge on any atom is 0.274 e. The van der Waals surface area contributed by atoms with Gasteiger partial charge in [-0.1, -0.05) is 19.9 Å². The number of imidazole rings is 1. The SMILES string of the molecule is CC(C)CCc1ncnc2[nH]c(Cn3cccc(NC(=O)CCC/C=C/C(=O)N(C)C)c3=O)nc12. The van der Waals surface area contributed by atoms with E-state index >= 15 is 0 Å². The van der Waals surface area contributed by atoms with E-state index in [-0.39, 0.29) is 36.0 Å². The zero-order valence-corrected chi connectivity index (χ0v) is 20.7. The predicted molar refractivity (Wildman–Crippen MR) is 135 cm³/mol. The molecule has 0 unspecified atom stereocenters. The number of carbonyl (C=O) groups excluding carboxylic acids is 2. The average molecular weight is 480 g/mol. The van der Waals surface area contributed by atoms with Crippen molar-refractivity contribution in [1.82, 2.24) is 29.4 Å². The number of hydrogen-bond donors (Lipinski definition) is 2. The van der Waals surface area contributed by atoms with E-state index in [1.54, 1.807) is 38.5 Å². The van der Waals surface area contributed by atoms with E-state index in [1.165, 1.54) is 21.9 Å². The summed E-state index contributed by atoms with van der Waals surface area (Å²) in [6, 6.07) is 3.30. The Morgan fingerprint density at radius 2 is 2.06 bits per heavy atom. The number of amides is 2. The van der Waals surface area contributed by atoms with Gasteiger partial charge in [0.2, 0.25) is 11.8 Å². The van der Waals surface area contributed by atoms with Gasteiger partial charge in [0.05, 0.1) is 12.2 Å². The first-order chi connectivity index (χ1) is 16.7. The van der Waals surface area contributed by atoms with Crippen LogP contribution in [0.3, 0.4) is 0 Å². The van der Waals surface area contributed by atoms with Gasteiger partial charge in [-0.25, -0.2) is 15.0 Å². The van der Waals surface area contributed by atoms with E-state index in [2.05, 4.69) is 39.1 Å². The number of unbranched alkanes of at least 4 members (excludes halogenated alkanes) is 1. The van der Waals surface area contributed by atoms with Crippen LogP contribution in [0.5, 0.6) is 0 Å². The van der Waals surface area contributed by atoms with E-state index in [0.29, 0.717) is 30.2 Å². The molecule has 3 aromatic heterocycles. The monoisotopic (exact) mass is 479 g/mol. The van der Waals surface area contributed by atoms with Crippen molar-refractivity contribution >= 4 is 28.7 Å². The van der Waals surface area contributed by atoms with Gasteiger partial charge in [-0.2, -0.15) is 0 Å². The van der Waals surface area contributed by atoms with Crippen LogP contribution < -0.4 is 10.9 Å². The van der Waals surface area contributed by atoms with Gasteiger partial charge in [0.1, 0.15) is 23.4 Å².